The highest BCUT2D eigenvalue weighted by atomic mass is 19.1. The predicted molar refractivity (Wildman–Crippen MR) is 111 cm³/mol. The van der Waals surface area contributed by atoms with Crippen molar-refractivity contribution in [3.63, 3.8) is 0 Å². The van der Waals surface area contributed by atoms with Gasteiger partial charge in [-0.05, 0) is 43.2 Å². The normalized spacial score (nSPS) is 16.4. The third-order valence-electron chi connectivity index (χ3n) is 5.05. The largest absolute Gasteiger partial charge is 0.368 e. The van der Waals surface area contributed by atoms with Crippen LogP contribution in [0.5, 0.6) is 0 Å². The first-order valence-electron chi connectivity index (χ1n) is 9.70. The minimum atomic E-state index is -0.707. The molecule has 1 aliphatic heterocycles. The molecule has 2 aromatic heterocycles. The van der Waals surface area contributed by atoms with E-state index in [2.05, 4.69) is 20.2 Å². The van der Waals surface area contributed by atoms with Crippen molar-refractivity contribution >= 4 is 17.3 Å². The Morgan fingerprint density at radius 2 is 1.97 bits per heavy atom. The van der Waals surface area contributed by atoms with Gasteiger partial charge in [-0.1, -0.05) is 12.1 Å². The molecule has 1 aliphatic rings. The maximum Gasteiger partial charge on any atom is 0.274 e. The Morgan fingerprint density at radius 3 is 2.77 bits per heavy atom. The smallest absolute Gasteiger partial charge is 0.274 e. The Bertz CT molecular complexity index is 1070. The molecule has 0 aliphatic carbocycles. The highest BCUT2D eigenvalue weighted by Crippen LogP contribution is 2.28. The number of rotatable bonds is 4. The molecule has 30 heavy (non-hydrogen) atoms. The van der Waals surface area contributed by atoms with E-state index in [1.807, 2.05) is 6.07 Å². The van der Waals surface area contributed by atoms with Gasteiger partial charge in [0.15, 0.2) is 0 Å². The monoisotopic (exact) mass is 409 g/mol. The summed E-state index contributed by atoms with van der Waals surface area (Å²) in [6, 6.07) is 9.98. The maximum atomic E-state index is 14.3. The summed E-state index contributed by atoms with van der Waals surface area (Å²) in [6.07, 6.45) is 5.12. The molecule has 154 valence electrons. The zero-order valence-corrected chi connectivity index (χ0v) is 16.2. The van der Waals surface area contributed by atoms with Crippen molar-refractivity contribution in [2.24, 2.45) is 5.73 Å². The van der Waals surface area contributed by atoms with Crippen LogP contribution in [0.2, 0.25) is 0 Å². The van der Waals surface area contributed by atoms with Crippen LogP contribution in [-0.2, 0) is 0 Å². The van der Waals surface area contributed by atoms with Crippen LogP contribution in [0, 0.1) is 11.6 Å². The van der Waals surface area contributed by atoms with Crippen LogP contribution >= 0.6 is 0 Å². The molecule has 4 rings (SSSR count). The number of halogens is 2. The summed E-state index contributed by atoms with van der Waals surface area (Å²) in [7, 11) is 0. The lowest BCUT2D eigenvalue weighted by Gasteiger charge is -2.33. The molecule has 0 unspecified atom stereocenters. The molecule has 1 aromatic carbocycles. The van der Waals surface area contributed by atoms with Crippen LogP contribution in [0.25, 0.3) is 11.3 Å². The topological polar surface area (TPSA) is 84.1 Å². The minimum Gasteiger partial charge on any atom is -0.368 e. The third-order valence-corrected chi connectivity index (χ3v) is 5.05. The minimum absolute atomic E-state index is 0.00554. The van der Waals surface area contributed by atoms with E-state index in [0.717, 1.165) is 31.1 Å². The van der Waals surface area contributed by atoms with E-state index >= 15 is 0 Å². The van der Waals surface area contributed by atoms with E-state index in [4.69, 9.17) is 5.73 Å². The number of anilines is 2. The van der Waals surface area contributed by atoms with Crippen LogP contribution in [0.15, 0.2) is 54.9 Å². The van der Waals surface area contributed by atoms with Gasteiger partial charge in [-0.2, -0.15) is 0 Å². The zero-order chi connectivity index (χ0) is 21.1. The van der Waals surface area contributed by atoms with Crippen molar-refractivity contribution in [2.75, 3.05) is 23.3 Å². The van der Waals surface area contributed by atoms with Crippen molar-refractivity contribution in [1.82, 2.24) is 9.97 Å². The Labute approximate surface area is 172 Å². The molecule has 1 fully saturated rings. The van der Waals surface area contributed by atoms with Crippen molar-refractivity contribution < 1.29 is 13.6 Å². The molecule has 0 spiro atoms. The van der Waals surface area contributed by atoms with E-state index in [0.29, 0.717) is 12.2 Å². The molecule has 1 saturated heterocycles. The molecular formula is C22H21F2N5O. The summed E-state index contributed by atoms with van der Waals surface area (Å²) in [6.45, 7) is 1.51. The summed E-state index contributed by atoms with van der Waals surface area (Å²) in [5, 5.41) is 2.79. The average molecular weight is 409 g/mol. The SMILES string of the molecule is N[C@H]1CCCN(c2ccncc2NC(=O)c2ccc(F)c(-c3ccccc3F)n2)C1. The number of carbonyl (C=O) groups is 1. The predicted octanol–water partition coefficient (Wildman–Crippen LogP) is 3.60. The van der Waals surface area contributed by atoms with Crippen molar-refractivity contribution in [3.05, 3.63) is 72.2 Å². The summed E-state index contributed by atoms with van der Waals surface area (Å²) in [4.78, 5) is 23.1. The summed E-state index contributed by atoms with van der Waals surface area (Å²) < 4.78 is 28.4. The summed E-state index contributed by atoms with van der Waals surface area (Å²) >= 11 is 0. The fraction of sp³-hybridized carbons (Fsp3) is 0.227. The van der Waals surface area contributed by atoms with Gasteiger partial charge in [-0.15, -0.1) is 0 Å². The Kier molecular flexibility index (Phi) is 5.67. The van der Waals surface area contributed by atoms with Crippen molar-refractivity contribution in [3.8, 4) is 11.3 Å². The van der Waals surface area contributed by atoms with Gasteiger partial charge in [0.2, 0.25) is 0 Å². The van der Waals surface area contributed by atoms with Gasteiger partial charge in [0.1, 0.15) is 23.0 Å². The van der Waals surface area contributed by atoms with Crippen LogP contribution in [0.1, 0.15) is 23.3 Å². The van der Waals surface area contributed by atoms with Gasteiger partial charge in [0.25, 0.3) is 5.91 Å². The average Bonchev–Trinajstić information content (AvgIpc) is 2.75. The second kappa shape index (κ2) is 8.54. The molecule has 1 atom stereocenters. The second-order valence-corrected chi connectivity index (χ2v) is 7.20. The molecule has 0 bridgehead atoms. The number of nitrogens with zero attached hydrogens (tertiary/aromatic N) is 3. The van der Waals surface area contributed by atoms with Crippen LogP contribution in [0.4, 0.5) is 20.2 Å². The highest BCUT2D eigenvalue weighted by molar-refractivity contribution is 6.04. The number of benzene rings is 1. The lowest BCUT2D eigenvalue weighted by atomic mass is 10.1. The van der Waals surface area contributed by atoms with Gasteiger partial charge in [0.05, 0.1) is 17.6 Å². The van der Waals surface area contributed by atoms with Crippen molar-refractivity contribution in [2.45, 2.75) is 18.9 Å². The van der Waals surface area contributed by atoms with E-state index in [9.17, 15) is 13.6 Å². The van der Waals surface area contributed by atoms with Crippen LogP contribution in [0.3, 0.4) is 0 Å². The Balaban J connectivity index is 1.61. The number of hydrogen-bond acceptors (Lipinski definition) is 5. The van der Waals surface area contributed by atoms with E-state index in [1.165, 1.54) is 24.3 Å². The van der Waals surface area contributed by atoms with Gasteiger partial charge >= 0.3 is 0 Å². The van der Waals surface area contributed by atoms with Gasteiger partial charge in [0, 0.05) is 30.9 Å². The molecule has 3 heterocycles. The molecule has 3 N–H and O–H groups in total. The Morgan fingerprint density at radius 1 is 1.13 bits per heavy atom. The molecule has 6 nitrogen and oxygen atoms in total. The fourth-order valence-corrected chi connectivity index (χ4v) is 3.59. The lowest BCUT2D eigenvalue weighted by Crippen LogP contribution is -2.43. The fourth-order valence-electron chi connectivity index (χ4n) is 3.59. The van der Waals surface area contributed by atoms with Crippen molar-refractivity contribution in [1.29, 1.82) is 0 Å². The number of hydrogen-bond donors (Lipinski definition) is 2. The number of piperidine rings is 1. The van der Waals surface area contributed by atoms with Crippen LogP contribution in [-0.4, -0.2) is 35.0 Å². The molecule has 0 saturated carbocycles. The molecule has 0 radical (unpaired) electrons. The molecular weight excluding hydrogens is 388 g/mol. The lowest BCUT2D eigenvalue weighted by molar-refractivity contribution is 0.102. The number of nitrogens with one attached hydrogen (secondary N) is 1. The van der Waals surface area contributed by atoms with Gasteiger partial charge < -0.3 is 16.0 Å². The van der Waals surface area contributed by atoms with E-state index < -0.39 is 17.5 Å². The number of nitrogens with two attached hydrogens (primary N) is 1. The van der Waals surface area contributed by atoms with E-state index in [-0.39, 0.29) is 23.0 Å². The number of aromatic nitrogens is 2. The number of amides is 1. The quantitative estimate of drug-likeness (QED) is 0.688. The molecule has 8 heteroatoms. The third kappa shape index (κ3) is 4.13. The first kappa shape index (κ1) is 19.9. The standard InChI is InChI=1S/C22H21F2N5O/c23-16-6-2-1-5-15(16)21-17(24)7-8-18(27-21)22(30)28-19-12-26-10-9-20(19)29-11-3-4-14(25)13-29/h1-2,5-10,12,14H,3-4,11,13,25H2,(H,28,30)/t14-/m0/s1. The molecule has 3 aromatic rings. The first-order chi connectivity index (χ1) is 14.5. The first-order valence-corrected chi connectivity index (χ1v) is 9.70. The number of pyridine rings is 2. The second-order valence-electron chi connectivity index (χ2n) is 7.20. The highest BCUT2D eigenvalue weighted by Gasteiger charge is 2.21. The maximum absolute atomic E-state index is 14.3. The molecule has 1 amide bonds. The summed E-state index contributed by atoms with van der Waals surface area (Å²) in [5.74, 6) is -1.86. The van der Waals surface area contributed by atoms with E-state index in [1.54, 1.807) is 18.5 Å². The number of carbonyl (C=O) groups excluding carboxylic acids is 1. The van der Waals surface area contributed by atoms with Crippen LogP contribution < -0.4 is 16.0 Å². The van der Waals surface area contributed by atoms with Gasteiger partial charge in [-0.3, -0.25) is 9.78 Å². The van der Waals surface area contributed by atoms with Gasteiger partial charge in [-0.25, -0.2) is 13.8 Å². The summed E-state index contributed by atoms with van der Waals surface area (Å²) in [5.41, 5.74) is 7.15. The Hall–Kier alpha value is -3.39. The zero-order valence-electron chi connectivity index (χ0n) is 16.2.